The molecule has 0 aromatic rings. The second-order valence-corrected chi connectivity index (χ2v) is 6.28. The van der Waals surface area contributed by atoms with E-state index in [1.165, 1.54) is 0 Å². The van der Waals surface area contributed by atoms with Crippen molar-refractivity contribution in [2.75, 3.05) is 19.6 Å². The molecule has 2 N–H and O–H groups in total. The molecule has 0 aliphatic rings. The molecule has 122 valence electrons. The summed E-state index contributed by atoms with van der Waals surface area (Å²) in [5, 5.41) is 11.7. The van der Waals surface area contributed by atoms with Crippen LogP contribution in [-0.4, -0.2) is 47.4 Å². The van der Waals surface area contributed by atoms with Gasteiger partial charge in [-0.1, -0.05) is 27.7 Å². The standard InChI is InChI=1S/C15H28N2O4/c1-6-17(10-11(2)13(19)20)12(18)8-7-9-16-14(21)15(3,4)5/h11H,6-10H2,1-5H3,(H,16,21)(H,19,20)/t11-/m1/s1. The van der Waals surface area contributed by atoms with Crippen molar-refractivity contribution in [3.8, 4) is 0 Å². The van der Waals surface area contributed by atoms with Gasteiger partial charge in [0.15, 0.2) is 0 Å². The molecule has 21 heavy (non-hydrogen) atoms. The fourth-order valence-electron chi connectivity index (χ4n) is 1.68. The molecule has 0 fully saturated rings. The van der Waals surface area contributed by atoms with Crippen molar-refractivity contribution < 1.29 is 19.5 Å². The molecule has 0 aliphatic heterocycles. The van der Waals surface area contributed by atoms with E-state index in [-0.39, 0.29) is 18.4 Å². The number of carbonyl (C=O) groups excluding carboxylic acids is 2. The van der Waals surface area contributed by atoms with Gasteiger partial charge < -0.3 is 15.3 Å². The second-order valence-electron chi connectivity index (χ2n) is 6.28. The van der Waals surface area contributed by atoms with Crippen LogP contribution in [0.1, 0.15) is 47.5 Å². The van der Waals surface area contributed by atoms with E-state index >= 15 is 0 Å². The predicted octanol–water partition coefficient (Wildman–Crippen LogP) is 1.50. The van der Waals surface area contributed by atoms with Crippen molar-refractivity contribution in [2.45, 2.75) is 47.5 Å². The van der Waals surface area contributed by atoms with Crippen LogP contribution in [0.2, 0.25) is 0 Å². The van der Waals surface area contributed by atoms with E-state index in [1.807, 2.05) is 27.7 Å². The first-order chi connectivity index (χ1) is 9.59. The van der Waals surface area contributed by atoms with Crippen LogP contribution in [0.4, 0.5) is 0 Å². The van der Waals surface area contributed by atoms with Crippen LogP contribution in [0.25, 0.3) is 0 Å². The molecule has 0 radical (unpaired) electrons. The highest BCUT2D eigenvalue weighted by Gasteiger charge is 2.21. The molecule has 0 aromatic carbocycles. The number of hydrogen-bond acceptors (Lipinski definition) is 3. The molecule has 0 heterocycles. The van der Waals surface area contributed by atoms with E-state index in [1.54, 1.807) is 11.8 Å². The second kappa shape index (κ2) is 8.64. The Hall–Kier alpha value is -1.59. The van der Waals surface area contributed by atoms with Crippen LogP contribution in [0.15, 0.2) is 0 Å². The Kier molecular flexibility index (Phi) is 7.99. The zero-order valence-corrected chi connectivity index (χ0v) is 13.7. The molecule has 0 spiro atoms. The van der Waals surface area contributed by atoms with Crippen molar-refractivity contribution in [3.05, 3.63) is 0 Å². The average Bonchev–Trinajstić information content (AvgIpc) is 2.38. The van der Waals surface area contributed by atoms with Gasteiger partial charge in [-0.15, -0.1) is 0 Å². The number of aliphatic carboxylic acids is 1. The fourth-order valence-corrected chi connectivity index (χ4v) is 1.68. The van der Waals surface area contributed by atoms with E-state index in [4.69, 9.17) is 5.11 Å². The minimum atomic E-state index is -0.904. The molecule has 0 aromatic heterocycles. The lowest BCUT2D eigenvalue weighted by Gasteiger charge is -2.23. The number of rotatable bonds is 8. The molecule has 0 unspecified atom stereocenters. The van der Waals surface area contributed by atoms with Crippen LogP contribution < -0.4 is 5.32 Å². The van der Waals surface area contributed by atoms with E-state index in [0.29, 0.717) is 25.9 Å². The van der Waals surface area contributed by atoms with Crippen LogP contribution in [-0.2, 0) is 14.4 Å². The summed E-state index contributed by atoms with van der Waals surface area (Å²) in [5.41, 5.74) is -0.434. The molecule has 1 atom stereocenters. The Morgan fingerprint density at radius 1 is 1.24 bits per heavy atom. The van der Waals surface area contributed by atoms with Gasteiger partial charge in [0.1, 0.15) is 0 Å². The van der Waals surface area contributed by atoms with E-state index in [0.717, 1.165) is 0 Å². The molecular formula is C15H28N2O4. The van der Waals surface area contributed by atoms with E-state index < -0.39 is 17.3 Å². The van der Waals surface area contributed by atoms with Crippen molar-refractivity contribution in [1.82, 2.24) is 10.2 Å². The Balaban J connectivity index is 4.12. The van der Waals surface area contributed by atoms with Crippen molar-refractivity contribution in [2.24, 2.45) is 11.3 Å². The highest BCUT2D eigenvalue weighted by atomic mass is 16.4. The highest BCUT2D eigenvalue weighted by molar-refractivity contribution is 5.81. The minimum absolute atomic E-state index is 0.0400. The van der Waals surface area contributed by atoms with Crippen LogP contribution in [0.5, 0.6) is 0 Å². The smallest absolute Gasteiger partial charge is 0.308 e. The summed E-state index contributed by atoms with van der Waals surface area (Å²) in [5.74, 6) is -1.59. The molecular weight excluding hydrogens is 272 g/mol. The van der Waals surface area contributed by atoms with Crippen molar-refractivity contribution in [1.29, 1.82) is 0 Å². The molecule has 0 saturated carbocycles. The predicted molar refractivity (Wildman–Crippen MR) is 80.8 cm³/mol. The Labute approximate surface area is 126 Å². The van der Waals surface area contributed by atoms with Crippen LogP contribution in [0, 0.1) is 11.3 Å². The number of carboxylic acids is 1. The normalized spacial score (nSPS) is 12.6. The number of nitrogens with one attached hydrogen (secondary N) is 1. The minimum Gasteiger partial charge on any atom is -0.481 e. The Morgan fingerprint density at radius 2 is 1.81 bits per heavy atom. The third kappa shape index (κ3) is 7.68. The van der Waals surface area contributed by atoms with Crippen molar-refractivity contribution in [3.63, 3.8) is 0 Å². The lowest BCUT2D eigenvalue weighted by atomic mass is 9.96. The van der Waals surface area contributed by atoms with Gasteiger partial charge in [-0.3, -0.25) is 14.4 Å². The number of carboxylic acid groups (broad SMARTS) is 1. The first kappa shape index (κ1) is 19.4. The zero-order chi connectivity index (χ0) is 16.6. The third-order valence-electron chi connectivity index (χ3n) is 3.18. The maximum atomic E-state index is 12.0. The SMILES string of the molecule is CCN(C[C@@H](C)C(=O)O)C(=O)CCCNC(=O)C(C)(C)C. The van der Waals surface area contributed by atoms with E-state index in [2.05, 4.69) is 5.32 Å². The van der Waals surface area contributed by atoms with Gasteiger partial charge in [0.25, 0.3) is 0 Å². The van der Waals surface area contributed by atoms with Crippen LogP contribution >= 0.6 is 0 Å². The fraction of sp³-hybridized carbons (Fsp3) is 0.800. The average molecular weight is 300 g/mol. The van der Waals surface area contributed by atoms with Gasteiger partial charge in [0.2, 0.25) is 11.8 Å². The number of amides is 2. The topological polar surface area (TPSA) is 86.7 Å². The molecule has 0 bridgehead atoms. The largest absolute Gasteiger partial charge is 0.481 e. The maximum Gasteiger partial charge on any atom is 0.308 e. The first-order valence-corrected chi connectivity index (χ1v) is 7.38. The van der Waals surface area contributed by atoms with Crippen LogP contribution in [0.3, 0.4) is 0 Å². The monoisotopic (exact) mass is 300 g/mol. The van der Waals surface area contributed by atoms with Gasteiger partial charge in [0, 0.05) is 31.5 Å². The first-order valence-electron chi connectivity index (χ1n) is 7.38. The molecule has 6 heteroatoms. The number of hydrogen-bond donors (Lipinski definition) is 2. The summed E-state index contributed by atoms with van der Waals surface area (Å²) in [6, 6.07) is 0. The maximum absolute atomic E-state index is 12.0. The number of carbonyl (C=O) groups is 3. The summed E-state index contributed by atoms with van der Waals surface area (Å²) in [6.45, 7) is 10.1. The lowest BCUT2D eigenvalue weighted by molar-refractivity contribution is -0.143. The van der Waals surface area contributed by atoms with Crippen molar-refractivity contribution >= 4 is 17.8 Å². The van der Waals surface area contributed by atoms with Gasteiger partial charge in [0.05, 0.1) is 5.92 Å². The molecule has 0 rings (SSSR count). The third-order valence-corrected chi connectivity index (χ3v) is 3.18. The Bertz CT molecular complexity index is 374. The number of nitrogens with zero attached hydrogens (tertiary/aromatic N) is 1. The highest BCUT2D eigenvalue weighted by Crippen LogP contribution is 2.12. The summed E-state index contributed by atoms with van der Waals surface area (Å²) in [4.78, 5) is 36.0. The molecule has 6 nitrogen and oxygen atoms in total. The van der Waals surface area contributed by atoms with E-state index in [9.17, 15) is 14.4 Å². The van der Waals surface area contributed by atoms with Gasteiger partial charge >= 0.3 is 5.97 Å². The van der Waals surface area contributed by atoms with Gasteiger partial charge in [-0.2, -0.15) is 0 Å². The quantitative estimate of drug-likeness (QED) is 0.665. The molecule has 0 saturated heterocycles. The molecule has 0 aliphatic carbocycles. The zero-order valence-electron chi connectivity index (χ0n) is 13.7. The summed E-state index contributed by atoms with van der Waals surface area (Å²) >= 11 is 0. The summed E-state index contributed by atoms with van der Waals surface area (Å²) < 4.78 is 0. The lowest BCUT2D eigenvalue weighted by Crippen LogP contribution is -2.38. The van der Waals surface area contributed by atoms with Gasteiger partial charge in [-0.05, 0) is 13.3 Å². The molecule has 2 amide bonds. The summed E-state index contributed by atoms with van der Waals surface area (Å²) in [7, 11) is 0. The Morgan fingerprint density at radius 3 is 2.24 bits per heavy atom. The summed E-state index contributed by atoms with van der Waals surface area (Å²) in [6.07, 6.45) is 0.864. The van der Waals surface area contributed by atoms with Gasteiger partial charge in [-0.25, -0.2) is 0 Å².